The van der Waals surface area contributed by atoms with Crippen LogP contribution in [-0.4, -0.2) is 26.3 Å². The second kappa shape index (κ2) is 5.37. The number of aryl methyl sites for hydroxylation is 2. The Bertz CT molecular complexity index is 476. The fourth-order valence-corrected chi connectivity index (χ4v) is 2.55. The van der Waals surface area contributed by atoms with Crippen LogP contribution < -0.4 is 5.32 Å². The summed E-state index contributed by atoms with van der Waals surface area (Å²) in [5.74, 6) is 0.883. The van der Waals surface area contributed by atoms with E-state index in [1.807, 2.05) is 19.5 Å². The lowest BCUT2D eigenvalue weighted by molar-refractivity contribution is 0.572. The molecule has 0 spiro atoms. The van der Waals surface area contributed by atoms with Crippen LogP contribution in [0.4, 0.5) is 0 Å². The minimum absolute atomic E-state index is 0.339. The van der Waals surface area contributed by atoms with Crippen LogP contribution in [0.25, 0.3) is 0 Å². The zero-order valence-electron chi connectivity index (χ0n) is 10.3. The monoisotopic (exact) mass is 251 g/mol. The van der Waals surface area contributed by atoms with Crippen molar-refractivity contribution in [3.8, 4) is 0 Å². The molecule has 2 rings (SSSR count). The number of hydrogen-bond acceptors (Lipinski definition) is 5. The topological polar surface area (TPSA) is 55.6 Å². The lowest BCUT2D eigenvalue weighted by Crippen LogP contribution is -2.21. The molecule has 0 amide bonds. The third kappa shape index (κ3) is 3.10. The molecule has 0 fully saturated rings. The Morgan fingerprint density at radius 3 is 2.88 bits per heavy atom. The van der Waals surface area contributed by atoms with Crippen LogP contribution in [0, 0.1) is 6.92 Å². The highest BCUT2D eigenvalue weighted by Gasteiger charge is 2.10. The van der Waals surface area contributed by atoms with Crippen molar-refractivity contribution in [2.24, 2.45) is 7.05 Å². The molecular weight excluding hydrogens is 234 g/mol. The zero-order valence-corrected chi connectivity index (χ0v) is 11.2. The summed E-state index contributed by atoms with van der Waals surface area (Å²) < 4.78 is 1.73. The molecule has 2 heterocycles. The van der Waals surface area contributed by atoms with Crippen molar-refractivity contribution in [1.29, 1.82) is 0 Å². The highest BCUT2D eigenvalue weighted by Crippen LogP contribution is 2.20. The van der Waals surface area contributed by atoms with E-state index in [-0.39, 0.29) is 0 Å². The number of rotatable bonds is 5. The molecule has 1 unspecified atom stereocenters. The summed E-state index contributed by atoms with van der Waals surface area (Å²) in [6.45, 7) is 5.08. The fraction of sp³-hybridized carbons (Fsp3) is 0.545. The first-order valence-corrected chi connectivity index (χ1v) is 6.52. The first kappa shape index (κ1) is 12.2. The van der Waals surface area contributed by atoms with Gasteiger partial charge in [0.1, 0.15) is 6.33 Å². The quantitative estimate of drug-likeness (QED) is 0.874. The Hall–Kier alpha value is -1.27. The first-order chi connectivity index (χ1) is 8.16. The van der Waals surface area contributed by atoms with Gasteiger partial charge in [-0.1, -0.05) is 0 Å². The number of nitrogens with zero attached hydrogens (tertiary/aromatic N) is 4. The van der Waals surface area contributed by atoms with Crippen molar-refractivity contribution in [2.75, 3.05) is 6.54 Å². The molecule has 0 saturated carbocycles. The minimum Gasteiger partial charge on any atom is -0.309 e. The molecule has 2 aromatic rings. The molecule has 2 aromatic heterocycles. The summed E-state index contributed by atoms with van der Waals surface area (Å²) in [6, 6.07) is 0.339. The van der Waals surface area contributed by atoms with Gasteiger partial charge >= 0.3 is 0 Å². The maximum atomic E-state index is 4.26. The first-order valence-electron chi connectivity index (χ1n) is 5.64. The van der Waals surface area contributed by atoms with Gasteiger partial charge in [-0.3, -0.25) is 4.68 Å². The molecule has 6 heteroatoms. The molecule has 0 bridgehead atoms. The van der Waals surface area contributed by atoms with E-state index in [1.165, 1.54) is 4.88 Å². The highest BCUT2D eigenvalue weighted by molar-refractivity contribution is 7.09. The Balaban J connectivity index is 1.81. The second-order valence-corrected chi connectivity index (χ2v) is 4.95. The Morgan fingerprint density at radius 2 is 2.29 bits per heavy atom. The normalized spacial score (nSPS) is 12.9. The van der Waals surface area contributed by atoms with Gasteiger partial charge in [0.05, 0.1) is 11.2 Å². The third-order valence-electron chi connectivity index (χ3n) is 2.62. The van der Waals surface area contributed by atoms with E-state index in [9.17, 15) is 0 Å². The van der Waals surface area contributed by atoms with Crippen molar-refractivity contribution >= 4 is 11.3 Å². The highest BCUT2D eigenvalue weighted by atomic mass is 32.1. The van der Waals surface area contributed by atoms with Gasteiger partial charge in [0.2, 0.25) is 0 Å². The lowest BCUT2D eigenvalue weighted by atomic mass is 10.2. The van der Waals surface area contributed by atoms with Crippen LogP contribution >= 0.6 is 11.3 Å². The number of aromatic nitrogens is 4. The van der Waals surface area contributed by atoms with Gasteiger partial charge in [-0.05, 0) is 13.8 Å². The Labute approximate surface area is 105 Å². The smallest absolute Gasteiger partial charge is 0.151 e. The molecule has 0 saturated heterocycles. The SMILES string of the molecule is Cc1ncsc1C(C)NCCc1ncn(C)n1. The van der Waals surface area contributed by atoms with E-state index in [1.54, 1.807) is 22.3 Å². The van der Waals surface area contributed by atoms with E-state index in [2.05, 4.69) is 27.3 Å². The van der Waals surface area contributed by atoms with Gasteiger partial charge in [-0.25, -0.2) is 9.97 Å². The van der Waals surface area contributed by atoms with Gasteiger partial charge < -0.3 is 5.32 Å². The molecule has 5 nitrogen and oxygen atoms in total. The van der Waals surface area contributed by atoms with E-state index >= 15 is 0 Å². The van der Waals surface area contributed by atoms with Crippen LogP contribution in [0.3, 0.4) is 0 Å². The Morgan fingerprint density at radius 1 is 1.47 bits per heavy atom. The van der Waals surface area contributed by atoms with Crippen molar-refractivity contribution < 1.29 is 0 Å². The van der Waals surface area contributed by atoms with Gasteiger partial charge in [-0.15, -0.1) is 11.3 Å². The summed E-state index contributed by atoms with van der Waals surface area (Å²) in [5.41, 5.74) is 3.01. The van der Waals surface area contributed by atoms with Crippen LogP contribution in [0.5, 0.6) is 0 Å². The van der Waals surface area contributed by atoms with Crippen LogP contribution in [0.2, 0.25) is 0 Å². The average Bonchev–Trinajstić information content (AvgIpc) is 2.87. The predicted molar refractivity (Wildman–Crippen MR) is 68.0 cm³/mol. The maximum absolute atomic E-state index is 4.26. The van der Waals surface area contributed by atoms with E-state index in [4.69, 9.17) is 0 Å². The summed E-state index contributed by atoms with van der Waals surface area (Å²) >= 11 is 1.70. The molecule has 17 heavy (non-hydrogen) atoms. The third-order valence-corrected chi connectivity index (χ3v) is 3.74. The molecule has 0 aliphatic carbocycles. The van der Waals surface area contributed by atoms with Crippen molar-refractivity contribution in [2.45, 2.75) is 26.3 Å². The van der Waals surface area contributed by atoms with Crippen LogP contribution in [0.15, 0.2) is 11.8 Å². The van der Waals surface area contributed by atoms with Gasteiger partial charge in [0.15, 0.2) is 5.82 Å². The summed E-state index contributed by atoms with van der Waals surface area (Å²) in [4.78, 5) is 9.76. The number of hydrogen-bond donors (Lipinski definition) is 1. The zero-order chi connectivity index (χ0) is 12.3. The van der Waals surface area contributed by atoms with Crippen molar-refractivity contribution in [3.63, 3.8) is 0 Å². The molecule has 0 aliphatic rings. The molecule has 92 valence electrons. The summed E-state index contributed by atoms with van der Waals surface area (Å²) in [6.07, 6.45) is 2.58. The lowest BCUT2D eigenvalue weighted by Gasteiger charge is -2.11. The number of nitrogens with one attached hydrogen (secondary N) is 1. The average molecular weight is 251 g/mol. The van der Waals surface area contributed by atoms with Gasteiger partial charge in [0.25, 0.3) is 0 Å². The molecular formula is C11H17N5S. The van der Waals surface area contributed by atoms with Gasteiger partial charge in [0, 0.05) is 30.9 Å². The minimum atomic E-state index is 0.339. The fourth-order valence-electron chi connectivity index (χ4n) is 1.72. The van der Waals surface area contributed by atoms with Crippen LogP contribution in [-0.2, 0) is 13.5 Å². The molecule has 1 atom stereocenters. The molecule has 1 N–H and O–H groups in total. The standard InChI is InChI=1S/C11H17N5S/c1-8(11-9(2)14-7-17-11)12-5-4-10-13-6-16(3)15-10/h6-8,12H,4-5H2,1-3H3. The van der Waals surface area contributed by atoms with E-state index in [0.717, 1.165) is 24.5 Å². The van der Waals surface area contributed by atoms with Crippen molar-refractivity contribution in [1.82, 2.24) is 25.1 Å². The summed E-state index contributed by atoms with van der Waals surface area (Å²) in [7, 11) is 1.88. The van der Waals surface area contributed by atoms with E-state index in [0.29, 0.717) is 6.04 Å². The molecule has 0 aliphatic heterocycles. The second-order valence-electron chi connectivity index (χ2n) is 4.06. The predicted octanol–water partition coefficient (Wildman–Crippen LogP) is 1.47. The van der Waals surface area contributed by atoms with Gasteiger partial charge in [-0.2, -0.15) is 5.10 Å². The largest absolute Gasteiger partial charge is 0.309 e. The maximum Gasteiger partial charge on any atom is 0.151 e. The van der Waals surface area contributed by atoms with Crippen molar-refractivity contribution in [3.05, 3.63) is 28.2 Å². The van der Waals surface area contributed by atoms with E-state index < -0.39 is 0 Å². The summed E-state index contributed by atoms with van der Waals surface area (Å²) in [5, 5.41) is 7.71. The molecule has 0 aromatic carbocycles. The number of thiazole rings is 1. The molecule has 0 radical (unpaired) electrons. The Kier molecular flexibility index (Phi) is 3.86. The van der Waals surface area contributed by atoms with Crippen LogP contribution in [0.1, 0.15) is 29.4 Å².